The SMILES string of the molecule is Cc1noc(C)c1CN(C)S(=O)(=O)c1ccc(S(=O)(=O)N2CCOCC2)cc1. The first kappa shape index (κ1) is 20.9. The van der Waals surface area contributed by atoms with E-state index >= 15 is 0 Å². The maximum Gasteiger partial charge on any atom is 0.243 e. The predicted octanol–water partition coefficient (Wildman–Crippen LogP) is 1.13. The summed E-state index contributed by atoms with van der Waals surface area (Å²) in [5.41, 5.74) is 1.34. The van der Waals surface area contributed by atoms with Gasteiger partial charge in [0.1, 0.15) is 5.76 Å². The van der Waals surface area contributed by atoms with E-state index in [0.29, 0.717) is 30.2 Å². The molecule has 1 aromatic carbocycles. The van der Waals surface area contributed by atoms with Crippen LogP contribution in [-0.4, -0.2) is 64.0 Å². The zero-order chi connectivity index (χ0) is 20.5. The molecule has 9 nitrogen and oxygen atoms in total. The van der Waals surface area contributed by atoms with Gasteiger partial charge < -0.3 is 9.26 Å². The highest BCUT2D eigenvalue weighted by molar-refractivity contribution is 7.89. The van der Waals surface area contributed by atoms with E-state index in [1.165, 1.54) is 39.9 Å². The van der Waals surface area contributed by atoms with Crippen LogP contribution in [0.5, 0.6) is 0 Å². The van der Waals surface area contributed by atoms with E-state index in [1.807, 2.05) is 0 Å². The van der Waals surface area contributed by atoms with Crippen molar-refractivity contribution < 1.29 is 26.1 Å². The number of rotatable bonds is 6. The highest BCUT2D eigenvalue weighted by Crippen LogP contribution is 2.23. The molecule has 0 N–H and O–H groups in total. The minimum atomic E-state index is -3.80. The molecule has 0 atom stereocenters. The lowest BCUT2D eigenvalue weighted by atomic mass is 10.2. The largest absolute Gasteiger partial charge is 0.379 e. The number of hydrogen-bond acceptors (Lipinski definition) is 7. The molecular weight excluding hydrogens is 406 g/mol. The Morgan fingerprint density at radius 3 is 2.14 bits per heavy atom. The van der Waals surface area contributed by atoms with E-state index < -0.39 is 20.0 Å². The Kier molecular flexibility index (Phi) is 5.92. The van der Waals surface area contributed by atoms with Crippen molar-refractivity contribution in [3.05, 3.63) is 41.3 Å². The van der Waals surface area contributed by atoms with Crippen LogP contribution in [0, 0.1) is 13.8 Å². The lowest BCUT2D eigenvalue weighted by Crippen LogP contribution is -2.40. The number of morpholine rings is 1. The third kappa shape index (κ3) is 3.98. The fraction of sp³-hybridized carbons (Fsp3) is 0.471. The Balaban J connectivity index is 1.81. The molecule has 1 aromatic heterocycles. The first-order chi connectivity index (χ1) is 13.1. The molecule has 154 valence electrons. The summed E-state index contributed by atoms with van der Waals surface area (Å²) in [4.78, 5) is 0.0735. The van der Waals surface area contributed by atoms with Crippen LogP contribution in [-0.2, 0) is 31.3 Å². The van der Waals surface area contributed by atoms with Gasteiger partial charge in [0, 0.05) is 32.2 Å². The molecule has 1 fully saturated rings. The summed E-state index contributed by atoms with van der Waals surface area (Å²) in [5, 5.41) is 3.83. The van der Waals surface area contributed by atoms with Crippen molar-refractivity contribution in [1.82, 2.24) is 13.8 Å². The zero-order valence-electron chi connectivity index (χ0n) is 16.0. The third-order valence-electron chi connectivity index (χ3n) is 4.70. The maximum atomic E-state index is 12.8. The fourth-order valence-corrected chi connectivity index (χ4v) is 5.48. The van der Waals surface area contributed by atoms with E-state index in [9.17, 15) is 16.8 Å². The molecule has 0 saturated carbocycles. The van der Waals surface area contributed by atoms with E-state index in [4.69, 9.17) is 9.26 Å². The van der Waals surface area contributed by atoms with E-state index in [1.54, 1.807) is 13.8 Å². The quantitative estimate of drug-likeness (QED) is 0.677. The lowest BCUT2D eigenvalue weighted by Gasteiger charge is -2.26. The van der Waals surface area contributed by atoms with Gasteiger partial charge in [-0.3, -0.25) is 0 Å². The highest BCUT2D eigenvalue weighted by Gasteiger charge is 2.28. The van der Waals surface area contributed by atoms with Crippen LogP contribution in [0.2, 0.25) is 0 Å². The Morgan fingerprint density at radius 1 is 1.04 bits per heavy atom. The number of aryl methyl sites for hydroxylation is 2. The van der Waals surface area contributed by atoms with Gasteiger partial charge in [0.2, 0.25) is 20.0 Å². The summed E-state index contributed by atoms with van der Waals surface area (Å²) in [5.74, 6) is 0.562. The number of sulfonamides is 2. The van der Waals surface area contributed by atoms with Gasteiger partial charge in [-0.1, -0.05) is 5.16 Å². The number of benzene rings is 1. The summed E-state index contributed by atoms with van der Waals surface area (Å²) >= 11 is 0. The molecular formula is C17H23N3O6S2. The van der Waals surface area contributed by atoms with Gasteiger partial charge in [0.25, 0.3) is 0 Å². The number of hydrogen-bond donors (Lipinski definition) is 0. The van der Waals surface area contributed by atoms with Crippen molar-refractivity contribution in [1.29, 1.82) is 0 Å². The normalized spacial score (nSPS) is 16.6. The second-order valence-corrected chi connectivity index (χ2v) is 10.5. The monoisotopic (exact) mass is 429 g/mol. The van der Waals surface area contributed by atoms with Crippen molar-refractivity contribution in [3.63, 3.8) is 0 Å². The van der Waals surface area contributed by atoms with Gasteiger partial charge >= 0.3 is 0 Å². The predicted molar refractivity (Wildman–Crippen MR) is 101 cm³/mol. The van der Waals surface area contributed by atoms with Gasteiger partial charge in [-0.2, -0.15) is 8.61 Å². The van der Waals surface area contributed by atoms with Gasteiger partial charge in [0.05, 0.1) is 28.7 Å². The Hall–Kier alpha value is -1.79. The van der Waals surface area contributed by atoms with Crippen LogP contribution in [0.4, 0.5) is 0 Å². The summed E-state index contributed by atoms with van der Waals surface area (Å²) in [6.07, 6.45) is 0. The lowest BCUT2D eigenvalue weighted by molar-refractivity contribution is 0.0730. The Labute approximate surface area is 165 Å². The second-order valence-electron chi connectivity index (χ2n) is 6.55. The average molecular weight is 430 g/mol. The van der Waals surface area contributed by atoms with Crippen molar-refractivity contribution in [2.45, 2.75) is 30.2 Å². The molecule has 3 rings (SSSR count). The Bertz CT molecular complexity index is 1020. The van der Waals surface area contributed by atoms with E-state index in [2.05, 4.69) is 5.16 Å². The fourth-order valence-electron chi connectivity index (χ4n) is 2.93. The highest BCUT2D eigenvalue weighted by atomic mass is 32.2. The summed E-state index contributed by atoms with van der Waals surface area (Å²) in [6, 6.07) is 5.27. The minimum Gasteiger partial charge on any atom is -0.379 e. The molecule has 11 heteroatoms. The summed E-state index contributed by atoms with van der Waals surface area (Å²) in [7, 11) is -6.01. The molecule has 2 aromatic rings. The molecule has 0 unspecified atom stereocenters. The molecule has 0 bridgehead atoms. The van der Waals surface area contributed by atoms with E-state index in [-0.39, 0.29) is 29.4 Å². The maximum absolute atomic E-state index is 12.8. The molecule has 28 heavy (non-hydrogen) atoms. The zero-order valence-corrected chi connectivity index (χ0v) is 17.6. The average Bonchev–Trinajstić information content (AvgIpc) is 3.00. The van der Waals surface area contributed by atoms with Gasteiger partial charge in [-0.05, 0) is 38.1 Å². The molecule has 1 aliphatic heterocycles. The molecule has 2 heterocycles. The van der Waals surface area contributed by atoms with Crippen molar-refractivity contribution >= 4 is 20.0 Å². The molecule has 0 amide bonds. The smallest absolute Gasteiger partial charge is 0.243 e. The molecule has 1 saturated heterocycles. The number of nitrogens with zero attached hydrogens (tertiary/aromatic N) is 3. The van der Waals surface area contributed by atoms with Crippen LogP contribution >= 0.6 is 0 Å². The van der Waals surface area contributed by atoms with Crippen LogP contribution in [0.3, 0.4) is 0 Å². The van der Waals surface area contributed by atoms with Crippen LogP contribution < -0.4 is 0 Å². The standard InChI is InChI=1S/C17H23N3O6S2/c1-13-17(14(2)26-18-13)12-19(3)27(21,22)15-4-6-16(7-5-15)28(23,24)20-8-10-25-11-9-20/h4-7H,8-12H2,1-3H3. The number of aromatic nitrogens is 1. The first-order valence-electron chi connectivity index (χ1n) is 8.70. The van der Waals surface area contributed by atoms with Crippen LogP contribution in [0.25, 0.3) is 0 Å². The molecule has 0 radical (unpaired) electrons. The van der Waals surface area contributed by atoms with Crippen molar-refractivity contribution in [3.8, 4) is 0 Å². The van der Waals surface area contributed by atoms with E-state index in [0.717, 1.165) is 0 Å². The minimum absolute atomic E-state index is 0.0164. The summed E-state index contributed by atoms with van der Waals surface area (Å²) in [6.45, 7) is 4.83. The van der Waals surface area contributed by atoms with Crippen LogP contribution in [0.1, 0.15) is 17.0 Å². The summed E-state index contributed by atoms with van der Waals surface area (Å²) < 4.78 is 63.8. The molecule has 0 spiro atoms. The van der Waals surface area contributed by atoms with Crippen LogP contribution in [0.15, 0.2) is 38.6 Å². The Morgan fingerprint density at radius 2 is 1.61 bits per heavy atom. The topological polar surface area (TPSA) is 110 Å². The van der Waals surface area contributed by atoms with Crippen molar-refractivity contribution in [2.75, 3.05) is 33.4 Å². The number of ether oxygens (including phenoxy) is 1. The molecule has 0 aliphatic carbocycles. The van der Waals surface area contributed by atoms with Gasteiger partial charge in [-0.15, -0.1) is 0 Å². The second kappa shape index (κ2) is 7.91. The van der Waals surface area contributed by atoms with Gasteiger partial charge in [0.15, 0.2) is 0 Å². The third-order valence-corrected chi connectivity index (χ3v) is 8.43. The van der Waals surface area contributed by atoms with Gasteiger partial charge in [-0.25, -0.2) is 16.8 Å². The molecule has 1 aliphatic rings. The first-order valence-corrected chi connectivity index (χ1v) is 11.6. The van der Waals surface area contributed by atoms with Crippen molar-refractivity contribution in [2.24, 2.45) is 0 Å².